The summed E-state index contributed by atoms with van der Waals surface area (Å²) >= 11 is 0. The normalized spacial score (nSPS) is 18.3. The molecular weight excluding hydrogens is 543 g/mol. The Morgan fingerprint density at radius 3 is 2.14 bits per heavy atom. The molecule has 0 spiro atoms. The van der Waals surface area contributed by atoms with Crippen LogP contribution in [-0.2, 0) is 17.5 Å². The lowest BCUT2D eigenvalue weighted by molar-refractivity contribution is -0.137. The zero-order valence-electron chi connectivity index (χ0n) is 22.8. The van der Waals surface area contributed by atoms with Crippen LogP contribution < -0.4 is 9.47 Å². The second-order valence-electron chi connectivity index (χ2n) is 10.6. The Balaban J connectivity index is 1.29. The molecule has 2 aliphatic rings. The largest absolute Gasteiger partial charge is 0.454 e. The first-order chi connectivity index (χ1) is 20.4. The first-order valence-electron chi connectivity index (χ1n) is 13.9. The van der Waals surface area contributed by atoms with Gasteiger partial charge in [-0.05, 0) is 53.4 Å². The van der Waals surface area contributed by atoms with Crippen molar-refractivity contribution >= 4 is 5.91 Å². The molecule has 0 aromatic heterocycles. The quantitative estimate of drug-likeness (QED) is 0.233. The summed E-state index contributed by atoms with van der Waals surface area (Å²) in [6, 6.07) is 30.6. The maximum absolute atomic E-state index is 13.7. The third-order valence-electron chi connectivity index (χ3n) is 7.99. The number of hydrogen-bond acceptors (Lipinski definition) is 4. The molecular formula is C34H30F3NO4. The molecule has 42 heavy (non-hydrogen) atoms. The topological polar surface area (TPSA) is 48.0 Å². The molecule has 4 aromatic carbocycles. The SMILES string of the molecule is O=C(c1ccc2c(c1)OCO2)N1CC[C@H](OCc2ccc(C(F)(F)F)cc2)[C@H](C(c2ccccc2)c2ccccc2)C1. The average Bonchev–Trinajstić information content (AvgIpc) is 3.49. The molecule has 2 aliphatic heterocycles. The monoisotopic (exact) mass is 573 g/mol. The van der Waals surface area contributed by atoms with Crippen molar-refractivity contribution in [2.24, 2.45) is 5.92 Å². The molecule has 4 aromatic rings. The minimum Gasteiger partial charge on any atom is -0.454 e. The number of rotatable bonds is 7. The Morgan fingerprint density at radius 2 is 1.50 bits per heavy atom. The summed E-state index contributed by atoms with van der Waals surface area (Å²) in [5.41, 5.74) is 2.71. The van der Waals surface area contributed by atoms with Gasteiger partial charge in [0.25, 0.3) is 5.91 Å². The molecule has 0 bridgehead atoms. The number of fused-ring (bicyclic) bond motifs is 1. The van der Waals surface area contributed by atoms with E-state index < -0.39 is 11.7 Å². The Kier molecular flexibility index (Phi) is 7.89. The lowest BCUT2D eigenvalue weighted by Crippen LogP contribution is -2.49. The molecule has 0 N–H and O–H groups in total. The van der Waals surface area contributed by atoms with Gasteiger partial charge in [0.2, 0.25) is 6.79 Å². The van der Waals surface area contributed by atoms with Crippen molar-refractivity contribution in [3.63, 3.8) is 0 Å². The van der Waals surface area contributed by atoms with Gasteiger partial charge in [0.05, 0.1) is 18.3 Å². The fraction of sp³-hybridized carbons (Fsp3) is 0.265. The summed E-state index contributed by atoms with van der Waals surface area (Å²) in [5, 5.41) is 0. The molecule has 5 nitrogen and oxygen atoms in total. The maximum atomic E-state index is 13.7. The number of piperidine rings is 1. The van der Waals surface area contributed by atoms with Gasteiger partial charge in [0.15, 0.2) is 11.5 Å². The molecule has 1 amide bonds. The second-order valence-corrected chi connectivity index (χ2v) is 10.6. The molecule has 2 atom stereocenters. The van der Waals surface area contributed by atoms with Crippen LogP contribution in [0.25, 0.3) is 0 Å². The van der Waals surface area contributed by atoms with Crippen LogP contribution in [0.15, 0.2) is 103 Å². The smallest absolute Gasteiger partial charge is 0.416 e. The van der Waals surface area contributed by atoms with Crippen molar-refractivity contribution in [2.45, 2.75) is 31.2 Å². The van der Waals surface area contributed by atoms with Crippen molar-refractivity contribution in [1.82, 2.24) is 4.90 Å². The number of alkyl halides is 3. The minimum absolute atomic E-state index is 0.0719. The van der Waals surface area contributed by atoms with Gasteiger partial charge < -0.3 is 19.1 Å². The summed E-state index contributed by atoms with van der Waals surface area (Å²) in [7, 11) is 0. The molecule has 1 saturated heterocycles. The first kappa shape index (κ1) is 27.8. The lowest BCUT2D eigenvalue weighted by atomic mass is 9.75. The minimum atomic E-state index is -4.39. The molecule has 0 saturated carbocycles. The second kappa shape index (κ2) is 11.9. The number of carbonyl (C=O) groups is 1. The fourth-order valence-corrected chi connectivity index (χ4v) is 5.88. The van der Waals surface area contributed by atoms with E-state index in [1.807, 2.05) is 41.3 Å². The van der Waals surface area contributed by atoms with Crippen LogP contribution in [0.4, 0.5) is 13.2 Å². The van der Waals surface area contributed by atoms with Crippen molar-refractivity contribution < 1.29 is 32.2 Å². The van der Waals surface area contributed by atoms with Gasteiger partial charge in [-0.3, -0.25) is 4.79 Å². The van der Waals surface area contributed by atoms with E-state index in [1.54, 1.807) is 18.2 Å². The van der Waals surface area contributed by atoms with Crippen LogP contribution in [0.1, 0.15) is 45.0 Å². The average molecular weight is 574 g/mol. The van der Waals surface area contributed by atoms with Gasteiger partial charge >= 0.3 is 6.18 Å². The van der Waals surface area contributed by atoms with Crippen molar-refractivity contribution in [3.8, 4) is 11.5 Å². The van der Waals surface area contributed by atoms with Crippen molar-refractivity contribution in [1.29, 1.82) is 0 Å². The number of likely N-dealkylation sites (tertiary alicyclic amines) is 1. The van der Waals surface area contributed by atoms with Crippen LogP contribution in [0.3, 0.4) is 0 Å². The van der Waals surface area contributed by atoms with Gasteiger partial charge in [-0.25, -0.2) is 0 Å². The van der Waals surface area contributed by atoms with E-state index in [0.29, 0.717) is 42.1 Å². The predicted molar refractivity (Wildman–Crippen MR) is 151 cm³/mol. The van der Waals surface area contributed by atoms with Gasteiger partial charge in [-0.15, -0.1) is 0 Å². The Morgan fingerprint density at radius 1 is 0.857 bits per heavy atom. The first-order valence-corrected chi connectivity index (χ1v) is 13.9. The summed E-state index contributed by atoms with van der Waals surface area (Å²) < 4.78 is 56.6. The maximum Gasteiger partial charge on any atom is 0.416 e. The Hall–Kier alpha value is -4.30. The van der Waals surface area contributed by atoms with Crippen molar-refractivity contribution in [3.05, 3.63) is 131 Å². The predicted octanol–water partition coefficient (Wildman–Crippen LogP) is 7.31. The molecule has 8 heteroatoms. The molecule has 0 unspecified atom stereocenters. The van der Waals surface area contributed by atoms with Crippen molar-refractivity contribution in [2.75, 3.05) is 19.9 Å². The van der Waals surface area contributed by atoms with E-state index >= 15 is 0 Å². The summed E-state index contributed by atoms with van der Waals surface area (Å²) in [6.07, 6.45) is -4.04. The van der Waals surface area contributed by atoms with Gasteiger partial charge in [0, 0.05) is 30.5 Å². The van der Waals surface area contributed by atoms with Gasteiger partial charge in [-0.2, -0.15) is 13.2 Å². The standard InChI is InChI=1S/C34H30F3NO4/c35-34(36,37)27-14-11-23(12-15-27)21-40-29-17-18-38(33(39)26-13-16-30-31(19-26)42-22-41-30)20-28(29)32(24-7-3-1-4-8-24)25-9-5-2-6-10-25/h1-16,19,28-29,32H,17-18,20-22H2/t28-,29+/m1/s1. The molecule has 0 radical (unpaired) electrons. The van der Waals surface area contributed by atoms with E-state index in [0.717, 1.165) is 23.3 Å². The Bertz CT molecular complexity index is 1470. The highest BCUT2D eigenvalue weighted by atomic mass is 19.4. The van der Waals surface area contributed by atoms with E-state index in [9.17, 15) is 18.0 Å². The Labute approximate surface area is 242 Å². The number of carbonyl (C=O) groups excluding carboxylic acids is 1. The molecule has 6 rings (SSSR count). The summed E-state index contributed by atoms with van der Waals surface area (Å²) in [5.74, 6) is 0.888. The van der Waals surface area contributed by atoms with E-state index in [1.165, 1.54) is 12.1 Å². The molecule has 216 valence electrons. The summed E-state index contributed by atoms with van der Waals surface area (Å²) in [4.78, 5) is 15.6. The van der Waals surface area contributed by atoms with Crippen LogP contribution in [0, 0.1) is 5.92 Å². The third-order valence-corrected chi connectivity index (χ3v) is 7.99. The van der Waals surface area contributed by atoms with Gasteiger partial charge in [0.1, 0.15) is 0 Å². The number of ether oxygens (including phenoxy) is 3. The van der Waals surface area contributed by atoms with E-state index in [2.05, 4.69) is 24.3 Å². The van der Waals surface area contributed by atoms with Crippen LogP contribution >= 0.6 is 0 Å². The highest BCUT2D eigenvalue weighted by molar-refractivity contribution is 5.95. The highest BCUT2D eigenvalue weighted by Gasteiger charge is 2.39. The summed E-state index contributed by atoms with van der Waals surface area (Å²) in [6.45, 7) is 1.23. The third kappa shape index (κ3) is 5.99. The highest BCUT2D eigenvalue weighted by Crippen LogP contribution is 2.40. The zero-order chi connectivity index (χ0) is 29.1. The molecule has 2 heterocycles. The zero-order valence-corrected chi connectivity index (χ0v) is 22.8. The van der Waals surface area contributed by atoms with E-state index in [4.69, 9.17) is 14.2 Å². The number of benzene rings is 4. The fourth-order valence-electron chi connectivity index (χ4n) is 5.88. The lowest BCUT2D eigenvalue weighted by Gasteiger charge is -2.42. The van der Waals surface area contributed by atoms with Crippen LogP contribution in [0.2, 0.25) is 0 Å². The van der Waals surface area contributed by atoms with Crippen LogP contribution in [0.5, 0.6) is 11.5 Å². The number of halogens is 3. The number of nitrogens with zero attached hydrogens (tertiary/aromatic N) is 1. The number of amides is 1. The molecule has 1 fully saturated rings. The van der Waals surface area contributed by atoms with Gasteiger partial charge in [-0.1, -0.05) is 72.8 Å². The van der Waals surface area contributed by atoms with E-state index in [-0.39, 0.29) is 37.2 Å². The number of hydrogen-bond donors (Lipinski definition) is 0. The van der Waals surface area contributed by atoms with Crippen LogP contribution in [-0.4, -0.2) is 36.8 Å². The molecule has 0 aliphatic carbocycles.